The van der Waals surface area contributed by atoms with Crippen molar-refractivity contribution < 1.29 is 4.79 Å². The van der Waals surface area contributed by atoms with Crippen molar-refractivity contribution in [3.05, 3.63) is 63.9 Å². The highest BCUT2D eigenvalue weighted by atomic mass is 35.5. The van der Waals surface area contributed by atoms with Gasteiger partial charge in [-0.05, 0) is 55.9 Å². The number of nitrogens with one attached hydrogen (secondary N) is 1. The van der Waals surface area contributed by atoms with E-state index in [1.807, 2.05) is 47.4 Å². The number of fused-ring (bicyclic) bond motifs is 1. The second-order valence-electron chi connectivity index (χ2n) is 8.90. The highest BCUT2D eigenvalue weighted by Gasteiger charge is 2.32. The number of hydrogen-bond donors (Lipinski definition) is 1. The molecule has 2 aliphatic rings. The summed E-state index contributed by atoms with van der Waals surface area (Å²) in [6, 6.07) is 15.6. The molecule has 0 saturated carbocycles. The molecule has 0 aliphatic carbocycles. The largest absolute Gasteiger partial charge is 0.366 e. The number of rotatable bonds is 3. The van der Waals surface area contributed by atoms with Gasteiger partial charge in [0.2, 0.25) is 5.91 Å². The molecule has 0 radical (unpaired) electrons. The van der Waals surface area contributed by atoms with Gasteiger partial charge in [0.05, 0.1) is 5.92 Å². The molecule has 166 valence electrons. The van der Waals surface area contributed by atoms with E-state index in [4.69, 9.17) is 11.6 Å². The molecule has 3 heterocycles. The van der Waals surface area contributed by atoms with E-state index >= 15 is 0 Å². The first-order valence-electron chi connectivity index (χ1n) is 11.6. The lowest BCUT2D eigenvalue weighted by atomic mass is 9.93. The summed E-state index contributed by atoms with van der Waals surface area (Å²) in [5.74, 6) is 0.177. The summed E-state index contributed by atoms with van der Waals surface area (Å²) >= 11 is 6.35. The van der Waals surface area contributed by atoms with Crippen molar-refractivity contribution in [2.75, 3.05) is 31.1 Å². The van der Waals surface area contributed by atoms with Gasteiger partial charge in [-0.25, -0.2) is 0 Å². The normalized spacial score (nSPS) is 19.3. The van der Waals surface area contributed by atoms with E-state index in [9.17, 15) is 9.59 Å². The second kappa shape index (κ2) is 8.99. The van der Waals surface area contributed by atoms with Gasteiger partial charge in [-0.1, -0.05) is 41.9 Å². The number of halogens is 1. The molecule has 0 unspecified atom stereocenters. The van der Waals surface area contributed by atoms with Crippen LogP contribution in [0.1, 0.15) is 32.1 Å². The predicted octanol–water partition coefficient (Wildman–Crippen LogP) is 5.08. The summed E-state index contributed by atoms with van der Waals surface area (Å²) in [7, 11) is 0. The quantitative estimate of drug-likeness (QED) is 0.606. The predicted molar refractivity (Wildman–Crippen MR) is 130 cm³/mol. The molecule has 0 bridgehead atoms. The lowest BCUT2D eigenvalue weighted by Crippen LogP contribution is -2.47. The molecular formula is C26H28ClN3O2. The van der Waals surface area contributed by atoms with Crippen LogP contribution in [0.4, 0.5) is 5.69 Å². The summed E-state index contributed by atoms with van der Waals surface area (Å²) < 4.78 is 0. The van der Waals surface area contributed by atoms with Gasteiger partial charge in [0.25, 0.3) is 5.56 Å². The Labute approximate surface area is 193 Å². The van der Waals surface area contributed by atoms with Crippen molar-refractivity contribution in [2.24, 2.45) is 5.92 Å². The fourth-order valence-electron chi connectivity index (χ4n) is 5.21. The van der Waals surface area contributed by atoms with Crippen LogP contribution in [-0.2, 0) is 4.79 Å². The SMILES string of the molecule is O=C([C@@H]1CCCN(c2c(-c3ccccc3)c3cc(Cl)ccc3[nH]c2=O)C1)N1CCCCC1. The maximum absolute atomic E-state index is 13.4. The number of anilines is 1. The van der Waals surface area contributed by atoms with Crippen molar-refractivity contribution in [1.82, 2.24) is 9.88 Å². The number of carbonyl (C=O) groups is 1. The minimum absolute atomic E-state index is 0.0695. The number of hydrogen-bond acceptors (Lipinski definition) is 3. The number of benzene rings is 2. The topological polar surface area (TPSA) is 56.4 Å². The smallest absolute Gasteiger partial charge is 0.272 e. The van der Waals surface area contributed by atoms with E-state index in [0.29, 0.717) is 17.3 Å². The Morgan fingerprint density at radius 2 is 1.75 bits per heavy atom. The first-order chi connectivity index (χ1) is 15.6. The third-order valence-electron chi connectivity index (χ3n) is 6.77. The Morgan fingerprint density at radius 1 is 0.969 bits per heavy atom. The molecule has 1 N–H and O–H groups in total. The fourth-order valence-corrected chi connectivity index (χ4v) is 5.38. The van der Waals surface area contributed by atoms with Crippen LogP contribution in [0.2, 0.25) is 5.02 Å². The van der Waals surface area contributed by atoms with Gasteiger partial charge in [-0.15, -0.1) is 0 Å². The van der Waals surface area contributed by atoms with E-state index in [0.717, 1.165) is 67.3 Å². The lowest BCUT2D eigenvalue weighted by Gasteiger charge is -2.37. The number of carbonyl (C=O) groups excluding carboxylic acids is 1. The lowest BCUT2D eigenvalue weighted by molar-refractivity contribution is -0.136. The standard InChI is InChI=1S/C26H28ClN3O2/c27-20-11-12-22-21(16-20)23(18-8-3-1-4-9-18)24(25(31)28-22)30-15-7-10-19(17-30)26(32)29-13-5-2-6-14-29/h1,3-4,8-9,11-12,16,19H,2,5-7,10,13-15,17H2,(H,28,31)/t19-/m1/s1. The third-order valence-corrected chi connectivity index (χ3v) is 7.00. The van der Waals surface area contributed by atoms with Crippen LogP contribution in [0.5, 0.6) is 0 Å². The van der Waals surface area contributed by atoms with Gasteiger partial charge < -0.3 is 14.8 Å². The molecule has 32 heavy (non-hydrogen) atoms. The molecule has 6 heteroatoms. The van der Waals surface area contributed by atoms with Crippen LogP contribution in [0.25, 0.3) is 22.0 Å². The Morgan fingerprint density at radius 3 is 2.53 bits per heavy atom. The summed E-state index contributed by atoms with van der Waals surface area (Å²) in [5, 5.41) is 1.55. The van der Waals surface area contributed by atoms with Crippen LogP contribution in [0.3, 0.4) is 0 Å². The molecule has 5 rings (SSSR count). The van der Waals surface area contributed by atoms with Crippen molar-refractivity contribution in [2.45, 2.75) is 32.1 Å². The first-order valence-corrected chi connectivity index (χ1v) is 11.9. The number of likely N-dealkylation sites (tertiary alicyclic amines) is 1. The molecule has 2 aromatic carbocycles. The summed E-state index contributed by atoms with van der Waals surface area (Å²) in [5.41, 5.74) is 3.15. The molecular weight excluding hydrogens is 422 g/mol. The number of pyridine rings is 1. The third kappa shape index (κ3) is 4.02. The molecule has 5 nitrogen and oxygen atoms in total. The Bertz CT molecular complexity index is 1180. The highest BCUT2D eigenvalue weighted by Crippen LogP contribution is 2.37. The van der Waals surface area contributed by atoms with Crippen molar-refractivity contribution in [1.29, 1.82) is 0 Å². The van der Waals surface area contributed by atoms with Crippen LogP contribution in [0, 0.1) is 5.92 Å². The van der Waals surface area contributed by atoms with Crippen molar-refractivity contribution >= 4 is 34.1 Å². The molecule has 0 spiro atoms. The Hall–Kier alpha value is -2.79. The van der Waals surface area contributed by atoms with Gasteiger partial charge in [-0.3, -0.25) is 9.59 Å². The maximum Gasteiger partial charge on any atom is 0.272 e. The summed E-state index contributed by atoms with van der Waals surface area (Å²) in [6.07, 6.45) is 5.15. The van der Waals surface area contributed by atoms with Gasteiger partial charge in [0, 0.05) is 47.7 Å². The molecule has 3 aromatic rings. The Kier molecular flexibility index (Phi) is 5.92. The van der Waals surface area contributed by atoms with E-state index < -0.39 is 0 Å². The van der Waals surface area contributed by atoms with Crippen molar-refractivity contribution in [3.8, 4) is 11.1 Å². The molecule has 2 fully saturated rings. The molecule has 2 saturated heterocycles. The van der Waals surface area contributed by atoms with E-state index in [2.05, 4.69) is 9.88 Å². The number of aromatic amines is 1. The summed E-state index contributed by atoms with van der Waals surface area (Å²) in [6.45, 7) is 3.06. The van der Waals surface area contributed by atoms with Gasteiger partial charge in [0.15, 0.2) is 0 Å². The van der Waals surface area contributed by atoms with E-state index in [1.54, 1.807) is 6.07 Å². The second-order valence-corrected chi connectivity index (χ2v) is 9.34. The van der Waals surface area contributed by atoms with Gasteiger partial charge >= 0.3 is 0 Å². The monoisotopic (exact) mass is 449 g/mol. The minimum atomic E-state index is -0.121. The van der Waals surface area contributed by atoms with Crippen LogP contribution < -0.4 is 10.5 Å². The molecule has 1 atom stereocenters. The number of aromatic nitrogens is 1. The average molecular weight is 450 g/mol. The number of amides is 1. The molecule has 1 aromatic heterocycles. The first kappa shape index (κ1) is 21.1. The number of H-pyrrole nitrogens is 1. The highest BCUT2D eigenvalue weighted by molar-refractivity contribution is 6.31. The number of piperidine rings is 2. The van der Waals surface area contributed by atoms with Crippen molar-refractivity contribution in [3.63, 3.8) is 0 Å². The average Bonchev–Trinajstić information content (AvgIpc) is 2.84. The van der Waals surface area contributed by atoms with Crippen LogP contribution >= 0.6 is 11.6 Å². The minimum Gasteiger partial charge on any atom is -0.366 e. The zero-order valence-corrected chi connectivity index (χ0v) is 18.9. The van der Waals surface area contributed by atoms with E-state index in [1.165, 1.54) is 6.42 Å². The maximum atomic E-state index is 13.4. The zero-order valence-electron chi connectivity index (χ0n) is 18.1. The molecule has 1 amide bonds. The summed E-state index contributed by atoms with van der Waals surface area (Å²) in [4.78, 5) is 33.8. The van der Waals surface area contributed by atoms with Crippen LogP contribution in [-0.4, -0.2) is 42.0 Å². The zero-order chi connectivity index (χ0) is 22.1. The molecule has 2 aliphatic heterocycles. The fraction of sp³-hybridized carbons (Fsp3) is 0.385. The Balaban J connectivity index is 1.58. The number of nitrogens with zero attached hydrogens (tertiary/aromatic N) is 2. The van der Waals surface area contributed by atoms with Gasteiger partial charge in [0.1, 0.15) is 5.69 Å². The van der Waals surface area contributed by atoms with Gasteiger partial charge in [-0.2, -0.15) is 0 Å². The van der Waals surface area contributed by atoms with Crippen LogP contribution in [0.15, 0.2) is 53.3 Å². The van der Waals surface area contributed by atoms with E-state index in [-0.39, 0.29) is 17.4 Å².